The van der Waals surface area contributed by atoms with Crippen molar-refractivity contribution in [3.8, 4) is 22.4 Å². The SMILES string of the molecule is Cc1c(-c2ccc(-c3ccccc3)cc2)nc2ccc(F)cc2c1C(N)=O. The van der Waals surface area contributed by atoms with E-state index in [1.807, 2.05) is 54.6 Å². The van der Waals surface area contributed by atoms with E-state index >= 15 is 0 Å². The molecule has 27 heavy (non-hydrogen) atoms. The highest BCUT2D eigenvalue weighted by Crippen LogP contribution is 2.31. The fourth-order valence-electron chi connectivity index (χ4n) is 3.38. The summed E-state index contributed by atoms with van der Waals surface area (Å²) in [6.45, 7) is 1.79. The number of nitrogens with two attached hydrogens (primary N) is 1. The number of amides is 1. The minimum absolute atomic E-state index is 0.307. The Morgan fingerprint density at radius 1 is 0.889 bits per heavy atom. The second-order valence-corrected chi connectivity index (χ2v) is 6.43. The van der Waals surface area contributed by atoms with Crippen molar-refractivity contribution in [2.45, 2.75) is 6.92 Å². The number of aromatic nitrogens is 1. The molecule has 0 aliphatic rings. The maximum Gasteiger partial charge on any atom is 0.249 e. The number of fused-ring (bicyclic) bond motifs is 1. The molecular formula is C23H17FN2O. The van der Waals surface area contributed by atoms with Crippen LogP contribution in [0.2, 0.25) is 0 Å². The lowest BCUT2D eigenvalue weighted by Crippen LogP contribution is -2.15. The molecule has 3 aromatic carbocycles. The minimum Gasteiger partial charge on any atom is -0.366 e. The maximum absolute atomic E-state index is 13.7. The first-order chi connectivity index (χ1) is 13.0. The van der Waals surface area contributed by atoms with Gasteiger partial charge in [0.05, 0.1) is 16.8 Å². The van der Waals surface area contributed by atoms with Crippen molar-refractivity contribution < 1.29 is 9.18 Å². The van der Waals surface area contributed by atoms with E-state index in [2.05, 4.69) is 4.98 Å². The van der Waals surface area contributed by atoms with Crippen molar-refractivity contribution in [3.63, 3.8) is 0 Å². The van der Waals surface area contributed by atoms with Gasteiger partial charge in [-0.05, 0) is 41.8 Å². The van der Waals surface area contributed by atoms with E-state index in [-0.39, 0.29) is 0 Å². The Labute approximate surface area is 156 Å². The number of halogens is 1. The lowest BCUT2D eigenvalue weighted by atomic mass is 9.96. The summed E-state index contributed by atoms with van der Waals surface area (Å²) in [6.07, 6.45) is 0. The third kappa shape index (κ3) is 3.06. The molecule has 0 aliphatic carbocycles. The maximum atomic E-state index is 13.7. The van der Waals surface area contributed by atoms with E-state index in [9.17, 15) is 9.18 Å². The van der Waals surface area contributed by atoms with Gasteiger partial charge in [0.2, 0.25) is 5.91 Å². The van der Waals surface area contributed by atoms with E-state index in [1.54, 1.807) is 13.0 Å². The molecule has 0 atom stereocenters. The zero-order valence-electron chi connectivity index (χ0n) is 14.7. The molecular weight excluding hydrogens is 339 g/mol. The molecule has 4 rings (SSSR count). The Kier molecular flexibility index (Phi) is 4.16. The summed E-state index contributed by atoms with van der Waals surface area (Å²) in [4.78, 5) is 16.7. The molecule has 0 saturated carbocycles. The van der Waals surface area contributed by atoms with Crippen molar-refractivity contribution in [3.05, 3.63) is 89.7 Å². The smallest absolute Gasteiger partial charge is 0.249 e. The van der Waals surface area contributed by atoms with Gasteiger partial charge in [-0.15, -0.1) is 0 Å². The third-order valence-corrected chi connectivity index (χ3v) is 4.70. The van der Waals surface area contributed by atoms with Crippen LogP contribution >= 0.6 is 0 Å². The van der Waals surface area contributed by atoms with Gasteiger partial charge in [0.1, 0.15) is 5.82 Å². The van der Waals surface area contributed by atoms with Gasteiger partial charge in [-0.2, -0.15) is 0 Å². The first kappa shape index (κ1) is 16.9. The van der Waals surface area contributed by atoms with Crippen molar-refractivity contribution in [2.75, 3.05) is 0 Å². The van der Waals surface area contributed by atoms with Gasteiger partial charge in [0.25, 0.3) is 0 Å². The number of nitrogens with zero attached hydrogens (tertiary/aromatic N) is 1. The number of benzene rings is 3. The monoisotopic (exact) mass is 356 g/mol. The Morgan fingerprint density at radius 2 is 1.52 bits per heavy atom. The van der Waals surface area contributed by atoms with Crippen LogP contribution in [0, 0.1) is 12.7 Å². The summed E-state index contributed by atoms with van der Waals surface area (Å²) in [5, 5.41) is 0.435. The molecule has 0 unspecified atom stereocenters. The molecule has 0 radical (unpaired) electrons. The largest absolute Gasteiger partial charge is 0.366 e. The Bertz CT molecular complexity index is 1150. The van der Waals surface area contributed by atoms with Crippen LogP contribution in [-0.4, -0.2) is 10.9 Å². The van der Waals surface area contributed by atoms with E-state index < -0.39 is 11.7 Å². The van der Waals surface area contributed by atoms with E-state index in [0.717, 1.165) is 16.7 Å². The predicted octanol–water partition coefficient (Wildman–Crippen LogP) is 5.12. The summed E-state index contributed by atoms with van der Waals surface area (Å²) >= 11 is 0. The van der Waals surface area contributed by atoms with Crippen molar-refractivity contribution in [2.24, 2.45) is 5.73 Å². The van der Waals surface area contributed by atoms with E-state index in [4.69, 9.17) is 5.73 Å². The molecule has 3 nitrogen and oxygen atoms in total. The number of carbonyl (C=O) groups excluding carboxylic acids is 1. The molecule has 0 aliphatic heterocycles. The molecule has 0 bridgehead atoms. The zero-order valence-corrected chi connectivity index (χ0v) is 14.7. The van der Waals surface area contributed by atoms with Crippen LogP contribution in [0.25, 0.3) is 33.3 Å². The summed E-state index contributed by atoms with van der Waals surface area (Å²) in [5.41, 5.74) is 10.8. The van der Waals surface area contributed by atoms with Crippen molar-refractivity contribution >= 4 is 16.8 Å². The van der Waals surface area contributed by atoms with Crippen LogP contribution in [0.5, 0.6) is 0 Å². The van der Waals surface area contributed by atoms with Gasteiger partial charge in [-0.1, -0.05) is 54.6 Å². The van der Waals surface area contributed by atoms with Crippen LogP contribution in [0.1, 0.15) is 15.9 Å². The van der Waals surface area contributed by atoms with Crippen molar-refractivity contribution in [1.29, 1.82) is 0 Å². The number of hydrogen-bond donors (Lipinski definition) is 1. The molecule has 4 heteroatoms. The molecule has 1 amide bonds. The second-order valence-electron chi connectivity index (χ2n) is 6.43. The van der Waals surface area contributed by atoms with Crippen LogP contribution in [0.3, 0.4) is 0 Å². The molecule has 1 aromatic heterocycles. The highest BCUT2D eigenvalue weighted by atomic mass is 19.1. The lowest BCUT2D eigenvalue weighted by Gasteiger charge is -2.13. The molecule has 4 aromatic rings. The average molecular weight is 356 g/mol. The summed E-state index contributed by atoms with van der Waals surface area (Å²) in [6, 6.07) is 22.3. The Balaban J connectivity index is 1.88. The van der Waals surface area contributed by atoms with Crippen LogP contribution in [0.15, 0.2) is 72.8 Å². The molecule has 1 heterocycles. The summed E-state index contributed by atoms with van der Waals surface area (Å²) in [5.74, 6) is -1.01. The van der Waals surface area contributed by atoms with Gasteiger partial charge >= 0.3 is 0 Å². The fourth-order valence-corrected chi connectivity index (χ4v) is 3.38. The second kappa shape index (κ2) is 6.65. The Hall–Kier alpha value is -3.53. The van der Waals surface area contributed by atoms with Gasteiger partial charge in [0, 0.05) is 10.9 Å². The fraction of sp³-hybridized carbons (Fsp3) is 0.0435. The topological polar surface area (TPSA) is 56.0 Å². The van der Waals surface area contributed by atoms with Gasteiger partial charge in [-0.25, -0.2) is 9.37 Å². The number of pyridine rings is 1. The quantitative estimate of drug-likeness (QED) is 0.554. The first-order valence-electron chi connectivity index (χ1n) is 8.60. The van der Waals surface area contributed by atoms with Crippen molar-refractivity contribution in [1.82, 2.24) is 4.98 Å². The lowest BCUT2D eigenvalue weighted by molar-refractivity contribution is 0.100. The van der Waals surface area contributed by atoms with Gasteiger partial charge in [-0.3, -0.25) is 4.79 Å². The third-order valence-electron chi connectivity index (χ3n) is 4.70. The van der Waals surface area contributed by atoms with E-state index in [0.29, 0.717) is 27.7 Å². The van der Waals surface area contributed by atoms with Crippen LogP contribution < -0.4 is 5.73 Å². The highest BCUT2D eigenvalue weighted by Gasteiger charge is 2.17. The predicted molar refractivity (Wildman–Crippen MR) is 106 cm³/mol. The normalized spacial score (nSPS) is 10.9. The molecule has 0 spiro atoms. The molecule has 132 valence electrons. The van der Waals surface area contributed by atoms with Crippen LogP contribution in [0.4, 0.5) is 4.39 Å². The summed E-state index contributed by atoms with van der Waals surface area (Å²) < 4.78 is 13.7. The number of rotatable bonds is 3. The molecule has 0 saturated heterocycles. The molecule has 0 fully saturated rings. The minimum atomic E-state index is -0.590. The number of carbonyl (C=O) groups is 1. The number of hydrogen-bond acceptors (Lipinski definition) is 2. The van der Waals surface area contributed by atoms with Gasteiger partial charge in [0.15, 0.2) is 0 Å². The van der Waals surface area contributed by atoms with Gasteiger partial charge < -0.3 is 5.73 Å². The average Bonchev–Trinajstić information content (AvgIpc) is 2.68. The standard InChI is InChI=1S/C23H17FN2O/c1-14-21(23(25)27)19-13-18(24)11-12-20(19)26-22(14)17-9-7-16(8-10-17)15-5-3-2-4-6-15/h2-13H,1H3,(H2,25,27). The highest BCUT2D eigenvalue weighted by molar-refractivity contribution is 6.08. The zero-order chi connectivity index (χ0) is 19.0. The Morgan fingerprint density at radius 3 is 2.19 bits per heavy atom. The number of primary amides is 1. The van der Waals surface area contributed by atoms with Crippen LogP contribution in [-0.2, 0) is 0 Å². The molecule has 2 N–H and O–H groups in total. The first-order valence-corrected chi connectivity index (χ1v) is 8.60. The summed E-state index contributed by atoms with van der Waals surface area (Å²) in [7, 11) is 0. The van der Waals surface area contributed by atoms with E-state index in [1.165, 1.54) is 12.1 Å².